The maximum atomic E-state index is 6.41. The quantitative estimate of drug-likeness (QED) is 0.815. The molecule has 1 saturated carbocycles. The first-order valence-electron chi connectivity index (χ1n) is 7.80. The summed E-state index contributed by atoms with van der Waals surface area (Å²) in [5.74, 6) is 3.00. The van der Waals surface area contributed by atoms with Crippen LogP contribution >= 0.6 is 0 Å². The standard InChI is InChI=1S/C16H34N2/c1-11(2)9-18(12(3)4)10-15-14(6)7-13(5)8-16(15)17/h11-16H,7-10,17H2,1-6H3. The van der Waals surface area contributed by atoms with Crippen molar-refractivity contribution in [2.24, 2.45) is 29.4 Å². The van der Waals surface area contributed by atoms with Gasteiger partial charge in [0.1, 0.15) is 0 Å². The summed E-state index contributed by atoms with van der Waals surface area (Å²) in [7, 11) is 0. The van der Waals surface area contributed by atoms with Gasteiger partial charge in [0.05, 0.1) is 0 Å². The molecule has 18 heavy (non-hydrogen) atoms. The van der Waals surface area contributed by atoms with Crippen LogP contribution in [0.2, 0.25) is 0 Å². The van der Waals surface area contributed by atoms with E-state index in [-0.39, 0.29) is 0 Å². The average Bonchev–Trinajstić information content (AvgIpc) is 2.20. The van der Waals surface area contributed by atoms with Gasteiger partial charge in [-0.1, -0.05) is 27.7 Å². The Labute approximate surface area is 114 Å². The zero-order valence-corrected chi connectivity index (χ0v) is 13.3. The molecule has 0 heterocycles. The fourth-order valence-electron chi connectivity index (χ4n) is 3.52. The summed E-state index contributed by atoms with van der Waals surface area (Å²) in [5, 5.41) is 0. The molecule has 0 amide bonds. The minimum absolute atomic E-state index is 0.400. The van der Waals surface area contributed by atoms with Crippen LogP contribution in [-0.4, -0.2) is 30.1 Å². The molecule has 0 aliphatic heterocycles. The monoisotopic (exact) mass is 254 g/mol. The minimum atomic E-state index is 0.400. The van der Waals surface area contributed by atoms with Crippen molar-refractivity contribution in [2.75, 3.05) is 13.1 Å². The Kier molecular flexibility index (Phi) is 6.13. The van der Waals surface area contributed by atoms with Gasteiger partial charge in [0, 0.05) is 25.2 Å². The van der Waals surface area contributed by atoms with Crippen LogP contribution in [-0.2, 0) is 0 Å². The first kappa shape index (κ1) is 16.0. The Balaban J connectivity index is 2.61. The predicted octanol–water partition coefficient (Wildman–Crippen LogP) is 3.36. The molecular weight excluding hydrogens is 220 g/mol. The van der Waals surface area contributed by atoms with Crippen molar-refractivity contribution < 1.29 is 0 Å². The third-order valence-corrected chi connectivity index (χ3v) is 4.50. The van der Waals surface area contributed by atoms with Crippen molar-refractivity contribution in [2.45, 2.75) is 66.5 Å². The summed E-state index contributed by atoms with van der Waals surface area (Å²) in [5.41, 5.74) is 6.41. The molecule has 0 radical (unpaired) electrons. The third kappa shape index (κ3) is 4.55. The van der Waals surface area contributed by atoms with Crippen LogP contribution in [0, 0.1) is 23.7 Å². The number of hydrogen-bond donors (Lipinski definition) is 1. The molecule has 0 spiro atoms. The summed E-state index contributed by atoms with van der Waals surface area (Å²) in [4.78, 5) is 2.63. The average molecular weight is 254 g/mol. The van der Waals surface area contributed by atoms with Gasteiger partial charge in [-0.05, 0) is 50.4 Å². The lowest BCUT2D eigenvalue weighted by molar-refractivity contribution is 0.0933. The van der Waals surface area contributed by atoms with E-state index in [0.717, 1.165) is 17.8 Å². The highest BCUT2D eigenvalue weighted by Crippen LogP contribution is 2.33. The van der Waals surface area contributed by atoms with E-state index in [2.05, 4.69) is 46.4 Å². The Hall–Kier alpha value is -0.0800. The molecule has 0 aromatic carbocycles. The molecule has 1 rings (SSSR count). The fraction of sp³-hybridized carbons (Fsp3) is 1.00. The van der Waals surface area contributed by atoms with Gasteiger partial charge in [-0.15, -0.1) is 0 Å². The molecule has 0 bridgehead atoms. The Morgan fingerprint density at radius 3 is 2.17 bits per heavy atom. The highest BCUT2D eigenvalue weighted by molar-refractivity contribution is 4.88. The Bertz CT molecular complexity index is 225. The van der Waals surface area contributed by atoms with Gasteiger partial charge in [-0.3, -0.25) is 0 Å². The molecule has 4 unspecified atom stereocenters. The van der Waals surface area contributed by atoms with Gasteiger partial charge in [0.25, 0.3) is 0 Å². The zero-order chi connectivity index (χ0) is 13.9. The zero-order valence-electron chi connectivity index (χ0n) is 13.3. The van der Waals surface area contributed by atoms with Crippen molar-refractivity contribution in [1.82, 2.24) is 4.90 Å². The summed E-state index contributed by atoms with van der Waals surface area (Å²) >= 11 is 0. The number of nitrogens with zero attached hydrogens (tertiary/aromatic N) is 1. The lowest BCUT2D eigenvalue weighted by atomic mass is 9.72. The Morgan fingerprint density at radius 2 is 1.72 bits per heavy atom. The van der Waals surface area contributed by atoms with Crippen LogP contribution in [0.5, 0.6) is 0 Å². The van der Waals surface area contributed by atoms with Gasteiger partial charge in [0.2, 0.25) is 0 Å². The maximum absolute atomic E-state index is 6.41. The second-order valence-electron chi connectivity index (χ2n) is 7.32. The van der Waals surface area contributed by atoms with Crippen LogP contribution in [0.15, 0.2) is 0 Å². The van der Waals surface area contributed by atoms with Gasteiger partial charge in [-0.25, -0.2) is 0 Å². The largest absolute Gasteiger partial charge is 0.327 e. The van der Waals surface area contributed by atoms with E-state index in [1.54, 1.807) is 0 Å². The highest BCUT2D eigenvalue weighted by Gasteiger charge is 2.33. The van der Waals surface area contributed by atoms with E-state index < -0.39 is 0 Å². The first-order chi connectivity index (χ1) is 8.31. The SMILES string of the molecule is CC(C)CN(CC1C(C)CC(C)CC1N)C(C)C. The lowest BCUT2D eigenvalue weighted by Gasteiger charge is -2.42. The molecule has 2 heteroatoms. The normalized spacial score (nSPS) is 33.7. The second-order valence-corrected chi connectivity index (χ2v) is 7.32. The van der Waals surface area contributed by atoms with Crippen LogP contribution in [0.3, 0.4) is 0 Å². The lowest BCUT2D eigenvalue weighted by Crippen LogP contribution is -2.48. The third-order valence-electron chi connectivity index (χ3n) is 4.50. The van der Waals surface area contributed by atoms with Gasteiger partial charge in [-0.2, -0.15) is 0 Å². The van der Waals surface area contributed by atoms with Crippen molar-refractivity contribution in [1.29, 1.82) is 0 Å². The van der Waals surface area contributed by atoms with Crippen molar-refractivity contribution in [3.05, 3.63) is 0 Å². The molecule has 0 aromatic heterocycles. The number of nitrogens with two attached hydrogens (primary N) is 1. The maximum Gasteiger partial charge on any atom is 0.00844 e. The molecule has 2 nitrogen and oxygen atoms in total. The van der Waals surface area contributed by atoms with E-state index in [0.29, 0.717) is 18.0 Å². The van der Waals surface area contributed by atoms with Crippen LogP contribution < -0.4 is 5.73 Å². The fourth-order valence-corrected chi connectivity index (χ4v) is 3.52. The van der Waals surface area contributed by atoms with Crippen LogP contribution in [0.4, 0.5) is 0 Å². The summed E-state index contributed by atoms with van der Waals surface area (Å²) in [6.45, 7) is 16.4. The molecular formula is C16H34N2. The molecule has 0 saturated heterocycles. The van der Waals surface area contributed by atoms with E-state index in [1.165, 1.54) is 25.9 Å². The van der Waals surface area contributed by atoms with Crippen LogP contribution in [0.1, 0.15) is 54.4 Å². The van der Waals surface area contributed by atoms with E-state index >= 15 is 0 Å². The van der Waals surface area contributed by atoms with Crippen molar-refractivity contribution in [3.8, 4) is 0 Å². The number of rotatable bonds is 5. The first-order valence-corrected chi connectivity index (χ1v) is 7.80. The van der Waals surface area contributed by atoms with Gasteiger partial charge >= 0.3 is 0 Å². The number of hydrogen-bond acceptors (Lipinski definition) is 2. The molecule has 2 N–H and O–H groups in total. The van der Waals surface area contributed by atoms with Gasteiger partial charge < -0.3 is 10.6 Å². The topological polar surface area (TPSA) is 29.3 Å². The summed E-state index contributed by atoms with van der Waals surface area (Å²) in [6, 6.07) is 1.03. The predicted molar refractivity (Wildman–Crippen MR) is 80.6 cm³/mol. The van der Waals surface area contributed by atoms with Crippen molar-refractivity contribution in [3.63, 3.8) is 0 Å². The highest BCUT2D eigenvalue weighted by atomic mass is 15.2. The molecule has 1 fully saturated rings. The molecule has 0 aromatic rings. The van der Waals surface area contributed by atoms with Crippen molar-refractivity contribution >= 4 is 0 Å². The van der Waals surface area contributed by atoms with Gasteiger partial charge in [0.15, 0.2) is 0 Å². The second kappa shape index (κ2) is 6.91. The van der Waals surface area contributed by atoms with E-state index in [9.17, 15) is 0 Å². The summed E-state index contributed by atoms with van der Waals surface area (Å²) in [6.07, 6.45) is 2.56. The van der Waals surface area contributed by atoms with E-state index in [1.807, 2.05) is 0 Å². The van der Waals surface area contributed by atoms with E-state index in [4.69, 9.17) is 5.73 Å². The molecule has 108 valence electrons. The molecule has 4 atom stereocenters. The minimum Gasteiger partial charge on any atom is -0.327 e. The molecule has 1 aliphatic rings. The smallest absolute Gasteiger partial charge is 0.00844 e. The summed E-state index contributed by atoms with van der Waals surface area (Å²) < 4.78 is 0. The molecule has 1 aliphatic carbocycles. The Morgan fingerprint density at radius 1 is 1.11 bits per heavy atom. The van der Waals surface area contributed by atoms with Crippen LogP contribution in [0.25, 0.3) is 0 Å².